The number of carbonyl (C=O) groups excluding carboxylic acids is 1. The van der Waals surface area contributed by atoms with Crippen LogP contribution in [0.25, 0.3) is 0 Å². The van der Waals surface area contributed by atoms with E-state index in [9.17, 15) is 4.79 Å². The molecule has 0 atom stereocenters. The first kappa shape index (κ1) is 21.1. The van der Waals surface area contributed by atoms with Crippen LogP contribution >= 0.6 is 0 Å². The maximum absolute atomic E-state index is 12.3. The Bertz CT molecular complexity index is 933. The molecule has 0 saturated carbocycles. The second-order valence-corrected chi connectivity index (χ2v) is 6.75. The van der Waals surface area contributed by atoms with Crippen LogP contribution in [0.3, 0.4) is 0 Å². The van der Waals surface area contributed by atoms with Crippen molar-refractivity contribution in [3.05, 3.63) is 53.6 Å². The number of ether oxygens (including phenoxy) is 2. The van der Waals surface area contributed by atoms with E-state index in [1.807, 2.05) is 18.2 Å². The molecule has 2 aliphatic rings. The maximum atomic E-state index is 12.3. The molecule has 0 spiro atoms. The molecule has 9 heteroatoms. The predicted molar refractivity (Wildman–Crippen MR) is 107 cm³/mol. The highest BCUT2D eigenvalue weighted by Gasteiger charge is 2.19. The topological polar surface area (TPSA) is 125 Å². The monoisotopic (exact) mass is 414 g/mol. The molecule has 2 aliphatic heterocycles. The van der Waals surface area contributed by atoms with Crippen molar-refractivity contribution in [2.24, 2.45) is 0 Å². The molecule has 158 valence electrons. The zero-order chi connectivity index (χ0) is 21.5. The lowest BCUT2D eigenvalue weighted by Gasteiger charge is -2.28. The third-order valence-electron chi connectivity index (χ3n) is 4.59. The van der Waals surface area contributed by atoms with Gasteiger partial charge in [0.25, 0.3) is 0 Å². The average Bonchev–Trinajstić information content (AvgIpc) is 2.74. The van der Waals surface area contributed by atoms with E-state index in [4.69, 9.17) is 29.3 Å². The molecular weight excluding hydrogens is 392 g/mol. The van der Waals surface area contributed by atoms with Crippen LogP contribution in [0.1, 0.15) is 11.1 Å². The number of benzene rings is 2. The van der Waals surface area contributed by atoms with E-state index in [0.717, 1.165) is 30.9 Å². The Kier molecular flexibility index (Phi) is 6.87. The minimum Gasteiger partial charge on any atom is -0.486 e. The lowest BCUT2D eigenvalue weighted by Crippen LogP contribution is -2.37. The fraction of sp³-hybridized carbons (Fsp3) is 0.286. The zero-order valence-electron chi connectivity index (χ0n) is 16.2. The fourth-order valence-corrected chi connectivity index (χ4v) is 3.21. The van der Waals surface area contributed by atoms with Gasteiger partial charge in [0.2, 0.25) is 5.91 Å². The summed E-state index contributed by atoms with van der Waals surface area (Å²) in [6, 6.07) is 13.9. The molecule has 2 aromatic carbocycles. The van der Waals surface area contributed by atoms with Crippen molar-refractivity contribution in [1.82, 2.24) is 4.90 Å². The van der Waals surface area contributed by atoms with Crippen LogP contribution in [0.5, 0.6) is 11.5 Å². The van der Waals surface area contributed by atoms with Crippen LogP contribution in [0.4, 0.5) is 5.69 Å². The standard InChI is InChI=1S/C19H20N2O3.C2H2O4/c22-19(13-21-8-7-14-3-1-2-4-15(14)12-21)20-16-5-6-17-18(11-16)24-10-9-23-17;3-1(4)2(5)6/h1-6,11H,7-10,12-13H2,(H,20,22);(H,3,4)(H,5,6). The van der Waals surface area contributed by atoms with Gasteiger partial charge < -0.3 is 25.0 Å². The van der Waals surface area contributed by atoms with E-state index >= 15 is 0 Å². The Labute approximate surface area is 172 Å². The third-order valence-corrected chi connectivity index (χ3v) is 4.59. The third kappa shape index (κ3) is 5.71. The molecule has 2 aromatic rings. The van der Waals surface area contributed by atoms with Gasteiger partial charge in [-0.2, -0.15) is 0 Å². The summed E-state index contributed by atoms with van der Waals surface area (Å²) in [5.41, 5.74) is 3.44. The summed E-state index contributed by atoms with van der Waals surface area (Å²) in [5, 5.41) is 17.7. The number of carbonyl (C=O) groups is 3. The molecule has 0 bridgehead atoms. The summed E-state index contributed by atoms with van der Waals surface area (Å²) in [5.74, 6) is -2.24. The van der Waals surface area contributed by atoms with E-state index in [-0.39, 0.29) is 5.91 Å². The van der Waals surface area contributed by atoms with Gasteiger partial charge in [0.05, 0.1) is 6.54 Å². The number of nitrogens with zero attached hydrogens (tertiary/aromatic N) is 1. The second kappa shape index (κ2) is 9.75. The normalized spacial score (nSPS) is 14.5. The van der Waals surface area contributed by atoms with Crippen LogP contribution in [0.2, 0.25) is 0 Å². The van der Waals surface area contributed by atoms with E-state index in [1.165, 1.54) is 11.1 Å². The first-order chi connectivity index (χ1) is 14.4. The molecule has 0 fully saturated rings. The van der Waals surface area contributed by atoms with Crippen molar-refractivity contribution in [3.8, 4) is 11.5 Å². The number of carboxylic acid groups (broad SMARTS) is 2. The number of hydrogen-bond acceptors (Lipinski definition) is 6. The van der Waals surface area contributed by atoms with Gasteiger partial charge in [0, 0.05) is 24.8 Å². The molecule has 0 aliphatic carbocycles. The van der Waals surface area contributed by atoms with Crippen LogP contribution in [0.15, 0.2) is 42.5 Å². The van der Waals surface area contributed by atoms with Gasteiger partial charge in [-0.05, 0) is 29.7 Å². The van der Waals surface area contributed by atoms with Crippen LogP contribution in [-0.2, 0) is 27.3 Å². The number of aliphatic carboxylic acids is 2. The highest BCUT2D eigenvalue weighted by Crippen LogP contribution is 2.32. The number of amides is 1. The molecule has 2 heterocycles. The van der Waals surface area contributed by atoms with Gasteiger partial charge >= 0.3 is 11.9 Å². The van der Waals surface area contributed by atoms with E-state index in [1.54, 1.807) is 0 Å². The average molecular weight is 414 g/mol. The van der Waals surface area contributed by atoms with E-state index in [0.29, 0.717) is 25.5 Å². The Morgan fingerprint density at radius 2 is 1.60 bits per heavy atom. The van der Waals surface area contributed by atoms with Gasteiger partial charge in [-0.3, -0.25) is 9.69 Å². The SMILES string of the molecule is O=C(CN1CCc2ccccc2C1)Nc1ccc2c(c1)OCCO2.O=C(O)C(=O)O. The van der Waals surface area contributed by atoms with Gasteiger partial charge in [-0.15, -0.1) is 0 Å². The molecule has 1 amide bonds. The minimum atomic E-state index is -1.82. The molecule has 30 heavy (non-hydrogen) atoms. The molecule has 3 N–H and O–H groups in total. The molecule has 9 nitrogen and oxygen atoms in total. The van der Waals surface area contributed by atoms with E-state index < -0.39 is 11.9 Å². The summed E-state index contributed by atoms with van der Waals surface area (Å²) >= 11 is 0. The fourth-order valence-electron chi connectivity index (χ4n) is 3.21. The number of carboxylic acids is 2. The summed E-state index contributed by atoms with van der Waals surface area (Å²) in [6.45, 7) is 3.23. The molecule has 4 rings (SSSR count). The maximum Gasteiger partial charge on any atom is 0.414 e. The summed E-state index contributed by atoms with van der Waals surface area (Å²) in [4.78, 5) is 32.7. The van der Waals surface area contributed by atoms with Crippen molar-refractivity contribution in [2.45, 2.75) is 13.0 Å². The molecule has 0 radical (unpaired) electrons. The smallest absolute Gasteiger partial charge is 0.414 e. The van der Waals surface area contributed by atoms with Crippen LogP contribution in [0, 0.1) is 0 Å². The van der Waals surface area contributed by atoms with Crippen LogP contribution < -0.4 is 14.8 Å². The Morgan fingerprint density at radius 3 is 2.30 bits per heavy atom. The summed E-state index contributed by atoms with van der Waals surface area (Å²) in [6.07, 6.45) is 0.994. The molecule has 0 aromatic heterocycles. The highest BCUT2D eigenvalue weighted by molar-refractivity contribution is 6.27. The number of rotatable bonds is 3. The van der Waals surface area contributed by atoms with E-state index in [2.05, 4.69) is 34.5 Å². The Morgan fingerprint density at radius 1 is 0.933 bits per heavy atom. The van der Waals surface area contributed by atoms with Gasteiger partial charge in [0.15, 0.2) is 11.5 Å². The van der Waals surface area contributed by atoms with Gasteiger partial charge in [-0.1, -0.05) is 24.3 Å². The number of hydrogen-bond donors (Lipinski definition) is 3. The second-order valence-electron chi connectivity index (χ2n) is 6.75. The largest absolute Gasteiger partial charge is 0.486 e. The molecular formula is C21H22N2O7. The van der Waals surface area contributed by atoms with Crippen molar-refractivity contribution in [3.63, 3.8) is 0 Å². The molecule has 0 unspecified atom stereocenters. The first-order valence-electron chi connectivity index (χ1n) is 9.37. The zero-order valence-corrected chi connectivity index (χ0v) is 16.2. The van der Waals surface area contributed by atoms with Crippen molar-refractivity contribution >= 4 is 23.5 Å². The number of anilines is 1. The first-order valence-corrected chi connectivity index (χ1v) is 9.37. The summed E-state index contributed by atoms with van der Waals surface area (Å²) < 4.78 is 11.0. The molecule has 0 saturated heterocycles. The number of fused-ring (bicyclic) bond motifs is 2. The minimum absolute atomic E-state index is 0.00828. The quantitative estimate of drug-likeness (QED) is 0.647. The lowest BCUT2D eigenvalue weighted by molar-refractivity contribution is -0.159. The Hall–Kier alpha value is -3.59. The number of nitrogens with one attached hydrogen (secondary N) is 1. The predicted octanol–water partition coefficient (Wildman–Crippen LogP) is 1.61. The van der Waals surface area contributed by atoms with Crippen molar-refractivity contribution in [2.75, 3.05) is 31.6 Å². The summed E-state index contributed by atoms with van der Waals surface area (Å²) in [7, 11) is 0. The van der Waals surface area contributed by atoms with Crippen LogP contribution in [-0.4, -0.2) is 59.3 Å². The van der Waals surface area contributed by atoms with Crippen molar-refractivity contribution in [1.29, 1.82) is 0 Å². The van der Waals surface area contributed by atoms with Gasteiger partial charge in [0.1, 0.15) is 13.2 Å². The Balaban J connectivity index is 0.000000377. The van der Waals surface area contributed by atoms with Gasteiger partial charge in [-0.25, -0.2) is 9.59 Å². The van der Waals surface area contributed by atoms with Crippen molar-refractivity contribution < 1.29 is 34.1 Å². The lowest BCUT2D eigenvalue weighted by atomic mass is 10.00. The highest BCUT2D eigenvalue weighted by atomic mass is 16.6.